The Morgan fingerprint density at radius 1 is 1.81 bits per heavy atom. The third-order valence-electron chi connectivity index (χ3n) is 3.08. The van der Waals surface area contributed by atoms with Gasteiger partial charge in [0.25, 0.3) is 0 Å². The second-order valence-electron chi connectivity index (χ2n) is 4.73. The summed E-state index contributed by atoms with van der Waals surface area (Å²) in [5, 5.41) is 16.2. The van der Waals surface area contributed by atoms with E-state index >= 15 is 0 Å². The largest absolute Gasteiger partial charge is 0.383 e. The molecule has 90 valence electrons. The summed E-state index contributed by atoms with van der Waals surface area (Å²) in [7, 11) is -1.50. The van der Waals surface area contributed by atoms with Gasteiger partial charge >= 0.3 is 0 Å². The van der Waals surface area contributed by atoms with Gasteiger partial charge in [0.05, 0.1) is 6.20 Å². The quantitative estimate of drug-likeness (QED) is 0.858. The van der Waals surface area contributed by atoms with E-state index in [1.807, 2.05) is 0 Å². The summed E-state index contributed by atoms with van der Waals surface area (Å²) in [6.07, 6.45) is 3.39. The lowest BCUT2D eigenvalue weighted by atomic mass is 9.99. The summed E-state index contributed by atoms with van der Waals surface area (Å²) in [5.41, 5.74) is -0.919. The van der Waals surface area contributed by atoms with Crippen molar-refractivity contribution in [3.63, 3.8) is 0 Å². The molecule has 0 saturated heterocycles. The molecule has 1 aliphatic carbocycles. The summed E-state index contributed by atoms with van der Waals surface area (Å²) < 4.78 is 11.6. The van der Waals surface area contributed by atoms with Crippen molar-refractivity contribution in [3.8, 4) is 0 Å². The average Bonchev–Trinajstić information content (AvgIpc) is 2.71. The molecule has 0 aliphatic heterocycles. The van der Waals surface area contributed by atoms with Crippen molar-refractivity contribution < 1.29 is 9.32 Å². The molecule has 0 radical (unpaired) electrons. The molecule has 16 heavy (non-hydrogen) atoms. The van der Waals surface area contributed by atoms with Crippen LogP contribution in [0.25, 0.3) is 0 Å². The summed E-state index contributed by atoms with van der Waals surface area (Å²) in [6.45, 7) is 3.95. The van der Waals surface area contributed by atoms with Gasteiger partial charge in [-0.1, -0.05) is 6.92 Å². The standard InChI is InChI=1S/C10H16N2O2S2/c1-6-3-7(6)4-10(2,13)9-12-5-8(15-9)16(11)14/h5-7,13H,3-4,11H2,1-2H3/t6?,7-,10?,16?/m1/s1. The Morgan fingerprint density at radius 3 is 2.88 bits per heavy atom. The van der Waals surface area contributed by atoms with E-state index < -0.39 is 16.6 Å². The van der Waals surface area contributed by atoms with Crippen molar-refractivity contribution in [2.24, 2.45) is 17.0 Å². The van der Waals surface area contributed by atoms with E-state index in [9.17, 15) is 9.32 Å². The number of hydrogen-bond acceptors (Lipinski definition) is 4. The smallest absolute Gasteiger partial charge is 0.134 e. The van der Waals surface area contributed by atoms with Crippen LogP contribution in [0, 0.1) is 11.8 Å². The summed E-state index contributed by atoms with van der Waals surface area (Å²) >= 11 is 1.23. The van der Waals surface area contributed by atoms with Gasteiger partial charge in [-0.05, 0) is 31.6 Å². The number of nitrogens with two attached hydrogens (primary N) is 1. The summed E-state index contributed by atoms with van der Waals surface area (Å²) in [6, 6.07) is 0. The zero-order chi connectivity index (χ0) is 11.9. The predicted octanol–water partition coefficient (Wildman–Crippen LogP) is 1.38. The summed E-state index contributed by atoms with van der Waals surface area (Å²) in [4.78, 5) is 4.11. The minimum Gasteiger partial charge on any atom is -0.383 e. The van der Waals surface area contributed by atoms with Crippen LogP contribution in [0.4, 0.5) is 0 Å². The normalized spacial score (nSPS) is 29.8. The molecular formula is C10H16N2O2S2. The van der Waals surface area contributed by atoms with Gasteiger partial charge in [0, 0.05) is 0 Å². The number of thiazole rings is 1. The van der Waals surface area contributed by atoms with Gasteiger partial charge in [-0.3, -0.25) is 0 Å². The highest BCUT2D eigenvalue weighted by molar-refractivity contribution is 7.85. The first-order chi connectivity index (χ1) is 7.40. The molecule has 1 aliphatic rings. The second kappa shape index (κ2) is 4.18. The van der Waals surface area contributed by atoms with E-state index in [1.54, 1.807) is 6.92 Å². The molecule has 4 atom stereocenters. The first-order valence-corrected chi connectivity index (χ1v) is 7.28. The topological polar surface area (TPSA) is 76.2 Å². The molecule has 6 heteroatoms. The van der Waals surface area contributed by atoms with Crippen molar-refractivity contribution in [3.05, 3.63) is 11.2 Å². The molecule has 4 nitrogen and oxygen atoms in total. The lowest BCUT2D eigenvalue weighted by Crippen LogP contribution is -2.21. The third-order valence-corrected chi connectivity index (χ3v) is 5.37. The van der Waals surface area contributed by atoms with Gasteiger partial charge in [-0.2, -0.15) is 0 Å². The number of hydrogen-bond donors (Lipinski definition) is 2. The van der Waals surface area contributed by atoms with E-state index in [2.05, 4.69) is 11.9 Å². The van der Waals surface area contributed by atoms with Crippen LogP contribution in [0.3, 0.4) is 0 Å². The van der Waals surface area contributed by atoms with Crippen molar-refractivity contribution in [1.29, 1.82) is 0 Å². The highest BCUT2D eigenvalue weighted by Crippen LogP contribution is 2.46. The van der Waals surface area contributed by atoms with Crippen molar-refractivity contribution in [2.45, 2.75) is 36.5 Å². The molecule has 1 aromatic rings. The zero-order valence-corrected chi connectivity index (χ0v) is 11.0. The Balaban J connectivity index is 2.11. The van der Waals surface area contributed by atoms with Gasteiger partial charge in [-0.15, -0.1) is 11.3 Å². The molecule has 2 rings (SSSR count). The Hall–Kier alpha value is -0.300. The molecular weight excluding hydrogens is 244 g/mol. The third kappa shape index (κ3) is 2.51. The predicted molar refractivity (Wildman–Crippen MR) is 64.2 cm³/mol. The van der Waals surface area contributed by atoms with Crippen molar-refractivity contribution in [1.82, 2.24) is 4.98 Å². The highest BCUT2D eigenvalue weighted by Gasteiger charge is 2.40. The van der Waals surface area contributed by atoms with Crippen LogP contribution in [-0.4, -0.2) is 14.3 Å². The minimum absolute atomic E-state index is 0.513. The fraction of sp³-hybridized carbons (Fsp3) is 0.700. The molecule has 1 fully saturated rings. The molecule has 1 saturated carbocycles. The molecule has 0 amide bonds. The second-order valence-corrected chi connectivity index (χ2v) is 7.06. The van der Waals surface area contributed by atoms with Crippen LogP contribution in [0.5, 0.6) is 0 Å². The number of nitrogens with zero attached hydrogens (tertiary/aromatic N) is 1. The van der Waals surface area contributed by atoms with E-state index in [4.69, 9.17) is 5.14 Å². The maximum atomic E-state index is 11.0. The van der Waals surface area contributed by atoms with E-state index in [0.29, 0.717) is 21.1 Å². The van der Waals surface area contributed by atoms with Crippen LogP contribution in [0.2, 0.25) is 0 Å². The first kappa shape index (κ1) is 12.2. The average molecular weight is 260 g/mol. The lowest BCUT2D eigenvalue weighted by molar-refractivity contribution is 0.0401. The van der Waals surface area contributed by atoms with Crippen LogP contribution in [-0.2, 0) is 16.6 Å². The van der Waals surface area contributed by atoms with Gasteiger partial charge in [-0.25, -0.2) is 14.3 Å². The molecule has 0 spiro atoms. The maximum absolute atomic E-state index is 11.0. The Kier molecular flexibility index (Phi) is 3.18. The van der Waals surface area contributed by atoms with E-state index in [0.717, 1.165) is 6.42 Å². The van der Waals surface area contributed by atoms with Crippen LogP contribution < -0.4 is 5.14 Å². The van der Waals surface area contributed by atoms with Crippen LogP contribution in [0.15, 0.2) is 10.4 Å². The Morgan fingerprint density at radius 2 is 2.44 bits per heavy atom. The molecule has 0 aromatic carbocycles. The van der Waals surface area contributed by atoms with Gasteiger partial charge in [0.15, 0.2) is 0 Å². The Bertz CT molecular complexity index is 417. The van der Waals surface area contributed by atoms with Gasteiger partial charge < -0.3 is 5.11 Å². The van der Waals surface area contributed by atoms with E-state index in [-0.39, 0.29) is 0 Å². The zero-order valence-electron chi connectivity index (χ0n) is 9.34. The monoisotopic (exact) mass is 260 g/mol. The first-order valence-electron chi connectivity index (χ1n) is 5.25. The molecule has 1 aromatic heterocycles. The van der Waals surface area contributed by atoms with Crippen molar-refractivity contribution >= 4 is 22.3 Å². The molecule has 3 N–H and O–H groups in total. The molecule has 0 bridgehead atoms. The lowest BCUT2D eigenvalue weighted by Gasteiger charge is -2.20. The summed E-state index contributed by atoms with van der Waals surface area (Å²) in [5.74, 6) is 1.29. The molecule has 1 heterocycles. The number of rotatable bonds is 4. The Labute approximate surface area is 101 Å². The van der Waals surface area contributed by atoms with Crippen LogP contribution in [0.1, 0.15) is 31.7 Å². The van der Waals surface area contributed by atoms with Crippen molar-refractivity contribution in [2.75, 3.05) is 0 Å². The number of aliphatic hydroxyl groups is 1. The number of aromatic nitrogens is 1. The maximum Gasteiger partial charge on any atom is 0.134 e. The van der Waals surface area contributed by atoms with Crippen LogP contribution >= 0.6 is 11.3 Å². The fourth-order valence-electron chi connectivity index (χ4n) is 1.88. The van der Waals surface area contributed by atoms with Gasteiger partial charge in [0.2, 0.25) is 0 Å². The van der Waals surface area contributed by atoms with E-state index in [1.165, 1.54) is 24.0 Å². The fourth-order valence-corrected chi connectivity index (χ4v) is 3.31. The SMILES string of the molecule is CC1C[C@@H]1CC(C)(O)c1ncc(S(N)=O)s1. The van der Waals surface area contributed by atoms with Gasteiger partial charge in [0.1, 0.15) is 25.8 Å². The molecule has 3 unspecified atom stereocenters. The highest BCUT2D eigenvalue weighted by atomic mass is 32.2. The minimum atomic E-state index is -1.50.